The molecule has 0 aromatic heterocycles. The number of phenolic OH excluding ortho intramolecular Hbond substituents is 1. The largest absolute Gasteiger partial charge is 0.508 e. The van der Waals surface area contributed by atoms with E-state index in [1.807, 2.05) is 42.5 Å². The van der Waals surface area contributed by atoms with Crippen LogP contribution in [0, 0.1) is 0 Å². The Bertz CT molecular complexity index is 1510. The van der Waals surface area contributed by atoms with Gasteiger partial charge in [-0.15, -0.1) is 0 Å². The number of anilines is 1. The number of ether oxygens (including phenoxy) is 2. The van der Waals surface area contributed by atoms with Crippen molar-refractivity contribution in [2.75, 3.05) is 12.1 Å². The Kier molecular flexibility index (Phi) is 5.58. The number of halogens is 1. The number of carbonyl (C=O) groups excluding carboxylic acids is 1. The Morgan fingerprint density at radius 3 is 2.58 bits per heavy atom. The molecule has 36 heavy (non-hydrogen) atoms. The van der Waals surface area contributed by atoms with Crippen molar-refractivity contribution in [3.63, 3.8) is 0 Å². The molecule has 0 spiro atoms. The molecule has 178 valence electrons. The number of nitrogens with one attached hydrogen (secondary N) is 1. The SMILES string of the molecule is O=C1Nc2ccc(Cl)cc2C(c2ccc(O)cc2)=NC1Cc1ccccc1-c1cccc2c1OCO2. The second kappa shape index (κ2) is 9.06. The van der Waals surface area contributed by atoms with Gasteiger partial charge >= 0.3 is 0 Å². The number of nitrogens with zero attached hydrogens (tertiary/aromatic N) is 1. The number of aliphatic imine (C=N–C) groups is 1. The Morgan fingerprint density at radius 2 is 1.72 bits per heavy atom. The van der Waals surface area contributed by atoms with Gasteiger partial charge in [0, 0.05) is 28.1 Å². The van der Waals surface area contributed by atoms with Gasteiger partial charge in [0.25, 0.3) is 0 Å². The maximum Gasteiger partial charge on any atom is 0.249 e. The molecule has 2 N–H and O–H groups in total. The first kappa shape index (κ1) is 22.2. The van der Waals surface area contributed by atoms with Gasteiger partial charge in [-0.25, -0.2) is 0 Å². The number of rotatable bonds is 4. The third-order valence-electron chi connectivity index (χ3n) is 6.34. The van der Waals surface area contributed by atoms with Crippen LogP contribution in [0.15, 0.2) is 89.9 Å². The molecule has 0 bridgehead atoms. The first-order chi connectivity index (χ1) is 17.6. The van der Waals surface area contributed by atoms with Gasteiger partial charge < -0.3 is 19.9 Å². The molecule has 0 saturated heterocycles. The molecule has 1 amide bonds. The van der Waals surface area contributed by atoms with E-state index in [1.165, 1.54) is 0 Å². The van der Waals surface area contributed by atoms with Crippen LogP contribution in [-0.4, -0.2) is 29.6 Å². The highest BCUT2D eigenvalue weighted by atomic mass is 35.5. The molecule has 4 aromatic carbocycles. The predicted octanol–water partition coefficient (Wildman–Crippen LogP) is 5.84. The number of hydrogen-bond donors (Lipinski definition) is 2. The highest BCUT2D eigenvalue weighted by molar-refractivity contribution is 6.32. The lowest BCUT2D eigenvalue weighted by molar-refractivity contribution is -0.117. The van der Waals surface area contributed by atoms with Gasteiger partial charge in [-0.1, -0.05) is 48.0 Å². The minimum Gasteiger partial charge on any atom is -0.508 e. The standard InChI is InChI=1S/C29H21ClN2O4/c30-19-10-13-24-23(15-19)27(17-8-11-20(33)12-9-17)31-25(29(34)32-24)14-18-4-1-2-5-21(18)22-6-3-7-26-28(22)36-16-35-26/h1-13,15,25,33H,14,16H2,(H,32,34). The zero-order chi connectivity index (χ0) is 24.6. The van der Waals surface area contributed by atoms with E-state index >= 15 is 0 Å². The fourth-order valence-electron chi connectivity index (χ4n) is 4.62. The van der Waals surface area contributed by atoms with Gasteiger partial charge in [0.1, 0.15) is 11.8 Å². The summed E-state index contributed by atoms with van der Waals surface area (Å²) in [6.45, 7) is 0.181. The van der Waals surface area contributed by atoms with Crippen LogP contribution < -0.4 is 14.8 Å². The molecular weight excluding hydrogens is 476 g/mol. The summed E-state index contributed by atoms with van der Waals surface area (Å²) in [5, 5.41) is 13.4. The number of carbonyl (C=O) groups is 1. The number of fused-ring (bicyclic) bond motifs is 2. The van der Waals surface area contributed by atoms with E-state index in [0.29, 0.717) is 34.3 Å². The Labute approximate surface area is 212 Å². The molecule has 7 heteroatoms. The molecule has 2 aliphatic heterocycles. The lowest BCUT2D eigenvalue weighted by Crippen LogP contribution is -2.27. The van der Waals surface area contributed by atoms with E-state index in [2.05, 4.69) is 5.32 Å². The smallest absolute Gasteiger partial charge is 0.249 e. The molecule has 6 nitrogen and oxygen atoms in total. The fourth-order valence-corrected chi connectivity index (χ4v) is 4.79. The van der Waals surface area contributed by atoms with Gasteiger partial charge in [-0.2, -0.15) is 0 Å². The minimum absolute atomic E-state index is 0.153. The van der Waals surface area contributed by atoms with Crippen molar-refractivity contribution in [1.29, 1.82) is 0 Å². The molecule has 0 saturated carbocycles. The van der Waals surface area contributed by atoms with Crippen LogP contribution >= 0.6 is 11.6 Å². The third-order valence-corrected chi connectivity index (χ3v) is 6.58. The average Bonchev–Trinajstić information content (AvgIpc) is 3.33. The van der Waals surface area contributed by atoms with Crippen molar-refractivity contribution >= 4 is 28.9 Å². The summed E-state index contributed by atoms with van der Waals surface area (Å²) in [7, 11) is 0. The van der Waals surface area contributed by atoms with E-state index in [1.54, 1.807) is 42.5 Å². The van der Waals surface area contributed by atoms with Crippen LogP contribution in [0.2, 0.25) is 5.02 Å². The maximum atomic E-state index is 13.4. The van der Waals surface area contributed by atoms with Crippen molar-refractivity contribution in [2.24, 2.45) is 4.99 Å². The number of phenols is 1. The molecular formula is C29H21ClN2O4. The highest BCUT2D eigenvalue weighted by Gasteiger charge is 2.28. The highest BCUT2D eigenvalue weighted by Crippen LogP contribution is 2.42. The Balaban J connectivity index is 1.45. The minimum atomic E-state index is -0.699. The van der Waals surface area contributed by atoms with Crippen LogP contribution in [0.1, 0.15) is 16.7 Å². The van der Waals surface area contributed by atoms with Crippen molar-refractivity contribution < 1.29 is 19.4 Å². The van der Waals surface area contributed by atoms with Crippen molar-refractivity contribution in [3.8, 4) is 28.4 Å². The Hall–Kier alpha value is -4.29. The summed E-state index contributed by atoms with van der Waals surface area (Å²) in [4.78, 5) is 18.3. The van der Waals surface area contributed by atoms with Crippen LogP contribution in [-0.2, 0) is 11.2 Å². The molecule has 4 aromatic rings. The topological polar surface area (TPSA) is 80.2 Å². The quantitative estimate of drug-likeness (QED) is 0.372. The van der Waals surface area contributed by atoms with Gasteiger partial charge in [0.2, 0.25) is 12.7 Å². The van der Waals surface area contributed by atoms with E-state index in [0.717, 1.165) is 27.8 Å². The summed E-state index contributed by atoms with van der Waals surface area (Å²) in [6.07, 6.45) is 0.371. The Morgan fingerprint density at radius 1 is 0.917 bits per heavy atom. The number of hydrogen-bond acceptors (Lipinski definition) is 5. The van der Waals surface area contributed by atoms with Crippen LogP contribution in [0.25, 0.3) is 11.1 Å². The van der Waals surface area contributed by atoms with Gasteiger partial charge in [0.05, 0.1) is 11.4 Å². The molecule has 0 aliphatic carbocycles. The van der Waals surface area contributed by atoms with Crippen LogP contribution in [0.3, 0.4) is 0 Å². The van der Waals surface area contributed by atoms with E-state index < -0.39 is 6.04 Å². The number of amides is 1. The van der Waals surface area contributed by atoms with Gasteiger partial charge in [-0.05, 0) is 59.7 Å². The van der Waals surface area contributed by atoms with Crippen LogP contribution in [0.5, 0.6) is 17.2 Å². The predicted molar refractivity (Wildman–Crippen MR) is 139 cm³/mol. The zero-order valence-electron chi connectivity index (χ0n) is 19.1. The van der Waals surface area contributed by atoms with Crippen molar-refractivity contribution in [2.45, 2.75) is 12.5 Å². The molecule has 1 unspecified atom stereocenters. The fraction of sp³-hybridized carbons (Fsp3) is 0.103. The summed E-state index contributed by atoms with van der Waals surface area (Å²) in [5.41, 5.74) is 5.59. The zero-order valence-corrected chi connectivity index (χ0v) is 19.8. The van der Waals surface area contributed by atoms with E-state index in [9.17, 15) is 9.90 Å². The van der Waals surface area contributed by atoms with Crippen LogP contribution in [0.4, 0.5) is 5.69 Å². The van der Waals surface area contributed by atoms with E-state index in [-0.39, 0.29) is 18.4 Å². The number of benzene rings is 4. The summed E-state index contributed by atoms with van der Waals surface area (Å²) in [6, 6.07) is 25.1. The molecule has 6 rings (SSSR count). The van der Waals surface area contributed by atoms with Crippen molar-refractivity contribution in [3.05, 3.63) is 107 Å². The lowest BCUT2D eigenvalue weighted by Gasteiger charge is -2.16. The second-order valence-electron chi connectivity index (χ2n) is 8.62. The second-order valence-corrected chi connectivity index (χ2v) is 9.06. The monoisotopic (exact) mass is 496 g/mol. The van der Waals surface area contributed by atoms with E-state index in [4.69, 9.17) is 26.1 Å². The maximum absolute atomic E-state index is 13.4. The molecule has 2 aliphatic rings. The summed E-state index contributed by atoms with van der Waals surface area (Å²) >= 11 is 6.32. The molecule has 0 radical (unpaired) electrons. The van der Waals surface area contributed by atoms with Crippen molar-refractivity contribution in [1.82, 2.24) is 0 Å². The first-order valence-corrected chi connectivity index (χ1v) is 11.9. The van der Waals surface area contributed by atoms with Gasteiger partial charge in [0.15, 0.2) is 11.5 Å². The molecule has 1 atom stereocenters. The summed E-state index contributed by atoms with van der Waals surface area (Å²) in [5.74, 6) is 1.35. The van der Waals surface area contributed by atoms with Gasteiger partial charge in [-0.3, -0.25) is 9.79 Å². The lowest BCUT2D eigenvalue weighted by atomic mass is 9.94. The third kappa shape index (κ3) is 4.06. The number of para-hydroxylation sites is 1. The molecule has 2 heterocycles. The number of aromatic hydroxyl groups is 1. The number of benzodiazepines with no additional fused rings is 1. The average molecular weight is 497 g/mol. The first-order valence-electron chi connectivity index (χ1n) is 11.5. The molecule has 0 fully saturated rings. The normalized spacial score (nSPS) is 16.1. The summed E-state index contributed by atoms with van der Waals surface area (Å²) < 4.78 is 11.3.